The lowest BCUT2D eigenvalue weighted by Gasteiger charge is -1.98. The molecule has 0 unspecified atom stereocenters. The van der Waals surface area contributed by atoms with Crippen molar-refractivity contribution in [3.63, 3.8) is 0 Å². The van der Waals surface area contributed by atoms with Crippen molar-refractivity contribution in [2.45, 2.75) is 19.8 Å². The molecule has 0 atom stereocenters. The second kappa shape index (κ2) is 4.67. The van der Waals surface area contributed by atoms with Crippen LogP contribution in [0.15, 0.2) is 30.5 Å². The Hall–Kier alpha value is -1.68. The highest BCUT2D eigenvalue weighted by Crippen LogP contribution is 2.29. The SMILES string of the molecule is CC(C)c1cnc(-c2ccc(C(=O)O)cc2)s1. The molecule has 0 aliphatic heterocycles. The van der Waals surface area contributed by atoms with Gasteiger partial charge in [-0.05, 0) is 18.1 Å². The maximum absolute atomic E-state index is 10.7. The van der Waals surface area contributed by atoms with Gasteiger partial charge in [-0.1, -0.05) is 26.0 Å². The molecule has 0 aliphatic carbocycles. The van der Waals surface area contributed by atoms with Gasteiger partial charge in [0.15, 0.2) is 0 Å². The van der Waals surface area contributed by atoms with Crippen LogP contribution in [0.3, 0.4) is 0 Å². The monoisotopic (exact) mass is 247 g/mol. The molecule has 1 heterocycles. The quantitative estimate of drug-likeness (QED) is 0.901. The Morgan fingerprint density at radius 3 is 2.41 bits per heavy atom. The molecule has 0 saturated heterocycles. The first-order chi connectivity index (χ1) is 8.08. The summed E-state index contributed by atoms with van der Waals surface area (Å²) >= 11 is 1.65. The van der Waals surface area contributed by atoms with Crippen LogP contribution in [-0.4, -0.2) is 16.1 Å². The van der Waals surface area contributed by atoms with Gasteiger partial charge in [0.1, 0.15) is 5.01 Å². The summed E-state index contributed by atoms with van der Waals surface area (Å²) in [5, 5.41) is 9.75. The molecule has 0 bridgehead atoms. The van der Waals surface area contributed by atoms with Crippen LogP contribution in [0.4, 0.5) is 0 Å². The zero-order valence-electron chi connectivity index (χ0n) is 9.68. The number of hydrogen-bond donors (Lipinski definition) is 1. The molecule has 1 aromatic heterocycles. The van der Waals surface area contributed by atoms with Gasteiger partial charge in [-0.3, -0.25) is 0 Å². The molecule has 1 aromatic carbocycles. The summed E-state index contributed by atoms with van der Waals surface area (Å²) < 4.78 is 0. The topological polar surface area (TPSA) is 50.2 Å². The van der Waals surface area contributed by atoms with Crippen molar-refractivity contribution in [3.05, 3.63) is 40.9 Å². The van der Waals surface area contributed by atoms with Gasteiger partial charge in [0.25, 0.3) is 0 Å². The Morgan fingerprint density at radius 2 is 1.94 bits per heavy atom. The van der Waals surface area contributed by atoms with Crippen molar-refractivity contribution in [1.29, 1.82) is 0 Å². The number of carbonyl (C=O) groups is 1. The van der Waals surface area contributed by atoms with E-state index in [4.69, 9.17) is 5.11 Å². The minimum Gasteiger partial charge on any atom is -0.478 e. The fraction of sp³-hybridized carbons (Fsp3) is 0.231. The zero-order valence-corrected chi connectivity index (χ0v) is 10.5. The molecule has 88 valence electrons. The number of carboxylic acids is 1. The molecule has 2 rings (SSSR count). The van der Waals surface area contributed by atoms with Crippen molar-refractivity contribution in [2.75, 3.05) is 0 Å². The molecule has 17 heavy (non-hydrogen) atoms. The number of hydrogen-bond acceptors (Lipinski definition) is 3. The summed E-state index contributed by atoms with van der Waals surface area (Å²) in [5.41, 5.74) is 1.27. The van der Waals surface area contributed by atoms with E-state index in [1.54, 1.807) is 35.6 Å². The van der Waals surface area contributed by atoms with Crippen LogP contribution < -0.4 is 0 Å². The van der Waals surface area contributed by atoms with Crippen molar-refractivity contribution in [2.24, 2.45) is 0 Å². The van der Waals surface area contributed by atoms with Gasteiger partial charge >= 0.3 is 5.97 Å². The molecule has 0 fully saturated rings. The smallest absolute Gasteiger partial charge is 0.335 e. The number of aromatic nitrogens is 1. The van der Waals surface area contributed by atoms with E-state index < -0.39 is 5.97 Å². The van der Waals surface area contributed by atoms with Crippen LogP contribution in [0, 0.1) is 0 Å². The van der Waals surface area contributed by atoms with E-state index in [0.717, 1.165) is 10.6 Å². The molecular weight excluding hydrogens is 234 g/mol. The van der Waals surface area contributed by atoms with E-state index in [1.807, 2.05) is 6.20 Å². The molecule has 4 heteroatoms. The lowest BCUT2D eigenvalue weighted by atomic mass is 10.1. The van der Waals surface area contributed by atoms with Gasteiger partial charge in [0, 0.05) is 16.6 Å². The van der Waals surface area contributed by atoms with Gasteiger partial charge in [-0.2, -0.15) is 0 Å². The first kappa shape index (κ1) is 11.8. The first-order valence-electron chi connectivity index (χ1n) is 5.37. The van der Waals surface area contributed by atoms with Crippen molar-refractivity contribution in [1.82, 2.24) is 4.98 Å². The Morgan fingerprint density at radius 1 is 1.29 bits per heavy atom. The highest BCUT2D eigenvalue weighted by Gasteiger charge is 2.08. The Balaban J connectivity index is 2.30. The molecule has 1 N–H and O–H groups in total. The normalized spacial score (nSPS) is 10.8. The van der Waals surface area contributed by atoms with Crippen molar-refractivity contribution < 1.29 is 9.90 Å². The van der Waals surface area contributed by atoms with Crippen molar-refractivity contribution >= 4 is 17.3 Å². The third-order valence-electron chi connectivity index (χ3n) is 2.47. The number of thiazole rings is 1. The van der Waals surface area contributed by atoms with Gasteiger partial charge in [0.05, 0.1) is 5.56 Å². The van der Waals surface area contributed by atoms with E-state index in [0.29, 0.717) is 11.5 Å². The minimum absolute atomic E-state index is 0.300. The van der Waals surface area contributed by atoms with Gasteiger partial charge in [-0.15, -0.1) is 11.3 Å². The predicted octanol–water partition coefficient (Wildman–Crippen LogP) is 3.63. The van der Waals surface area contributed by atoms with Crippen LogP contribution in [0.5, 0.6) is 0 Å². The zero-order chi connectivity index (χ0) is 12.4. The van der Waals surface area contributed by atoms with Crippen LogP contribution >= 0.6 is 11.3 Å². The van der Waals surface area contributed by atoms with E-state index >= 15 is 0 Å². The molecule has 0 saturated carbocycles. The summed E-state index contributed by atoms with van der Waals surface area (Å²) in [6.45, 7) is 4.26. The number of aromatic carboxylic acids is 1. The third kappa shape index (κ3) is 2.53. The van der Waals surface area contributed by atoms with Gasteiger partial charge in [-0.25, -0.2) is 9.78 Å². The summed E-state index contributed by atoms with van der Waals surface area (Å²) in [5.74, 6) is -0.432. The largest absolute Gasteiger partial charge is 0.478 e. The second-order valence-electron chi connectivity index (χ2n) is 4.10. The molecule has 0 spiro atoms. The molecular formula is C13H13NO2S. The van der Waals surface area contributed by atoms with E-state index in [2.05, 4.69) is 18.8 Å². The third-order valence-corrected chi connectivity index (χ3v) is 3.82. The van der Waals surface area contributed by atoms with Crippen LogP contribution in [0.2, 0.25) is 0 Å². The Kier molecular flexibility index (Phi) is 3.24. The Labute approximate surface area is 104 Å². The van der Waals surface area contributed by atoms with Gasteiger partial charge < -0.3 is 5.11 Å². The fourth-order valence-corrected chi connectivity index (χ4v) is 2.37. The predicted molar refractivity (Wildman–Crippen MR) is 68.6 cm³/mol. The average molecular weight is 247 g/mol. The summed E-state index contributed by atoms with van der Waals surface area (Å²) in [6.07, 6.45) is 1.88. The molecule has 0 amide bonds. The standard InChI is InChI=1S/C13H13NO2S/c1-8(2)11-7-14-12(17-11)9-3-5-10(6-4-9)13(15)16/h3-8H,1-2H3,(H,15,16). The number of benzene rings is 1. The number of rotatable bonds is 3. The average Bonchev–Trinajstić information content (AvgIpc) is 2.78. The Bertz CT molecular complexity index is 529. The lowest BCUT2D eigenvalue weighted by molar-refractivity contribution is 0.0697. The first-order valence-corrected chi connectivity index (χ1v) is 6.19. The van der Waals surface area contributed by atoms with Crippen LogP contribution in [0.25, 0.3) is 10.6 Å². The summed E-state index contributed by atoms with van der Waals surface area (Å²) in [6, 6.07) is 6.81. The van der Waals surface area contributed by atoms with Gasteiger partial charge in [0.2, 0.25) is 0 Å². The molecule has 2 aromatic rings. The number of carboxylic acid groups (broad SMARTS) is 1. The molecule has 0 radical (unpaired) electrons. The molecule has 0 aliphatic rings. The fourth-order valence-electron chi connectivity index (χ4n) is 1.44. The lowest BCUT2D eigenvalue weighted by Crippen LogP contribution is -1.94. The highest BCUT2D eigenvalue weighted by molar-refractivity contribution is 7.15. The molecule has 3 nitrogen and oxygen atoms in total. The van der Waals surface area contributed by atoms with E-state index in [1.165, 1.54) is 4.88 Å². The minimum atomic E-state index is -0.904. The van der Waals surface area contributed by atoms with Crippen LogP contribution in [0.1, 0.15) is 35.0 Å². The van der Waals surface area contributed by atoms with Crippen LogP contribution in [-0.2, 0) is 0 Å². The van der Waals surface area contributed by atoms with E-state index in [-0.39, 0.29) is 0 Å². The second-order valence-corrected chi connectivity index (χ2v) is 5.17. The van der Waals surface area contributed by atoms with Crippen molar-refractivity contribution in [3.8, 4) is 10.6 Å². The summed E-state index contributed by atoms with van der Waals surface area (Å²) in [7, 11) is 0. The maximum atomic E-state index is 10.7. The summed E-state index contributed by atoms with van der Waals surface area (Å²) in [4.78, 5) is 16.3. The van der Waals surface area contributed by atoms with E-state index in [9.17, 15) is 4.79 Å². The maximum Gasteiger partial charge on any atom is 0.335 e. The number of nitrogens with zero attached hydrogens (tertiary/aromatic N) is 1. The highest BCUT2D eigenvalue weighted by atomic mass is 32.1.